The molecule has 0 aliphatic carbocycles. The maximum atomic E-state index is 11.1. The molecule has 0 saturated carbocycles. The van der Waals surface area contributed by atoms with Gasteiger partial charge in [-0.05, 0) is 24.3 Å². The molecule has 2 aromatic rings. The van der Waals surface area contributed by atoms with Gasteiger partial charge in [-0.3, -0.25) is 4.79 Å². The van der Waals surface area contributed by atoms with E-state index in [0.717, 1.165) is 5.56 Å². The number of nitriles is 1. The van der Waals surface area contributed by atoms with Crippen LogP contribution < -0.4 is 4.74 Å². The molecule has 96 valence electrons. The molecule has 0 N–H and O–H groups in total. The van der Waals surface area contributed by atoms with Crippen LogP contribution in [0, 0.1) is 23.2 Å². The molecule has 0 saturated heterocycles. The highest BCUT2D eigenvalue weighted by Crippen LogP contribution is 2.23. The quantitative estimate of drug-likeness (QED) is 0.450. The normalized spacial score (nSPS) is 9.00. The zero-order valence-corrected chi connectivity index (χ0v) is 10.9. The van der Waals surface area contributed by atoms with Gasteiger partial charge >= 0.3 is 5.97 Å². The summed E-state index contributed by atoms with van der Waals surface area (Å²) in [6.45, 7) is 1.29. The number of hydrogen-bond acceptors (Lipinski definition) is 3. The summed E-state index contributed by atoms with van der Waals surface area (Å²) in [7, 11) is 0. The van der Waals surface area contributed by atoms with Gasteiger partial charge in [0, 0.05) is 12.5 Å². The fourth-order valence-corrected chi connectivity index (χ4v) is 1.64. The average Bonchev–Trinajstić information content (AvgIpc) is 2.46. The van der Waals surface area contributed by atoms with Crippen LogP contribution in [0.2, 0.25) is 0 Å². The predicted octanol–water partition coefficient (Wildman–Crippen LogP) is 2.88. The number of carbonyl (C=O) groups is 1. The third-order valence-corrected chi connectivity index (χ3v) is 2.50. The van der Waals surface area contributed by atoms with Gasteiger partial charge in [-0.1, -0.05) is 36.1 Å². The first-order valence-electron chi connectivity index (χ1n) is 5.99. The number of benzene rings is 2. The van der Waals surface area contributed by atoms with Crippen LogP contribution >= 0.6 is 0 Å². The van der Waals surface area contributed by atoms with Crippen molar-refractivity contribution in [3.8, 4) is 23.7 Å². The number of esters is 1. The van der Waals surface area contributed by atoms with Crippen molar-refractivity contribution in [3.63, 3.8) is 0 Å². The molecule has 0 atom stereocenters. The van der Waals surface area contributed by atoms with Crippen molar-refractivity contribution in [1.29, 1.82) is 5.26 Å². The first kappa shape index (κ1) is 13.4. The number of ether oxygens (including phenoxy) is 1. The minimum Gasteiger partial charge on any atom is -0.424 e. The molecule has 0 aliphatic rings. The predicted molar refractivity (Wildman–Crippen MR) is 74.9 cm³/mol. The number of hydrogen-bond donors (Lipinski definition) is 0. The van der Waals surface area contributed by atoms with Crippen LogP contribution in [-0.2, 0) is 4.79 Å². The van der Waals surface area contributed by atoms with Gasteiger partial charge in [0.05, 0.1) is 11.1 Å². The second-order valence-corrected chi connectivity index (χ2v) is 4.00. The lowest BCUT2D eigenvalue weighted by Crippen LogP contribution is -2.04. The molecule has 0 heterocycles. The van der Waals surface area contributed by atoms with Gasteiger partial charge in [-0.15, -0.1) is 0 Å². The Labute approximate surface area is 117 Å². The number of rotatable bonds is 1. The monoisotopic (exact) mass is 261 g/mol. The summed E-state index contributed by atoms with van der Waals surface area (Å²) < 4.78 is 5.09. The largest absolute Gasteiger partial charge is 0.424 e. The molecule has 0 unspecified atom stereocenters. The van der Waals surface area contributed by atoms with E-state index in [2.05, 4.69) is 11.8 Å². The molecule has 0 radical (unpaired) electrons. The number of carbonyl (C=O) groups excluding carboxylic acids is 1. The first-order valence-corrected chi connectivity index (χ1v) is 5.99. The summed E-state index contributed by atoms with van der Waals surface area (Å²) in [5.74, 6) is 5.64. The lowest BCUT2D eigenvalue weighted by Gasteiger charge is -2.05. The smallest absolute Gasteiger partial charge is 0.308 e. The van der Waals surface area contributed by atoms with Crippen LogP contribution in [0.25, 0.3) is 0 Å². The standard InChI is InChI=1S/C17H11NO2/c1-13(19)20-17-15(8-5-9-16(17)12-18)11-10-14-6-3-2-4-7-14/h2-9H,1H3. The van der Waals surface area contributed by atoms with Gasteiger partial charge in [0.2, 0.25) is 0 Å². The molecule has 0 amide bonds. The van der Waals surface area contributed by atoms with Crippen molar-refractivity contribution in [2.75, 3.05) is 0 Å². The molecular weight excluding hydrogens is 250 g/mol. The highest BCUT2D eigenvalue weighted by Gasteiger charge is 2.10. The Morgan fingerprint density at radius 3 is 2.35 bits per heavy atom. The highest BCUT2D eigenvalue weighted by atomic mass is 16.5. The Bertz CT molecular complexity index is 731. The molecule has 0 fully saturated rings. The summed E-state index contributed by atoms with van der Waals surface area (Å²) in [5, 5.41) is 9.05. The summed E-state index contributed by atoms with van der Waals surface area (Å²) in [6, 6.07) is 16.5. The van der Waals surface area contributed by atoms with Crippen LogP contribution in [0.3, 0.4) is 0 Å². The van der Waals surface area contributed by atoms with Crippen LogP contribution in [0.1, 0.15) is 23.6 Å². The van der Waals surface area contributed by atoms with E-state index in [1.54, 1.807) is 18.2 Å². The highest BCUT2D eigenvalue weighted by molar-refractivity contribution is 5.72. The molecule has 2 rings (SSSR count). The van der Waals surface area contributed by atoms with Crippen molar-refractivity contribution in [2.24, 2.45) is 0 Å². The van der Waals surface area contributed by atoms with Crippen molar-refractivity contribution >= 4 is 5.97 Å². The molecule has 0 aliphatic heterocycles. The lowest BCUT2D eigenvalue weighted by molar-refractivity contribution is -0.131. The van der Waals surface area contributed by atoms with Crippen molar-refractivity contribution in [3.05, 3.63) is 65.2 Å². The van der Waals surface area contributed by atoms with Crippen molar-refractivity contribution < 1.29 is 9.53 Å². The fraction of sp³-hybridized carbons (Fsp3) is 0.0588. The molecule has 3 heteroatoms. The van der Waals surface area contributed by atoms with E-state index in [1.807, 2.05) is 36.4 Å². The van der Waals surface area contributed by atoms with E-state index < -0.39 is 5.97 Å². The third kappa shape index (κ3) is 3.25. The maximum Gasteiger partial charge on any atom is 0.308 e. The molecule has 0 aromatic heterocycles. The van der Waals surface area contributed by atoms with Crippen LogP contribution in [0.5, 0.6) is 5.75 Å². The minimum atomic E-state index is -0.476. The van der Waals surface area contributed by atoms with E-state index in [0.29, 0.717) is 11.1 Å². The Kier molecular flexibility index (Phi) is 4.17. The summed E-state index contributed by atoms with van der Waals surface area (Å²) >= 11 is 0. The molecule has 0 bridgehead atoms. The zero-order valence-electron chi connectivity index (χ0n) is 10.9. The van der Waals surface area contributed by atoms with Crippen LogP contribution in [0.15, 0.2) is 48.5 Å². The molecule has 2 aromatic carbocycles. The van der Waals surface area contributed by atoms with Crippen LogP contribution in [0.4, 0.5) is 0 Å². The van der Waals surface area contributed by atoms with E-state index in [4.69, 9.17) is 10.00 Å². The van der Waals surface area contributed by atoms with E-state index in [-0.39, 0.29) is 5.75 Å². The van der Waals surface area contributed by atoms with Gasteiger partial charge in [-0.2, -0.15) is 5.26 Å². The lowest BCUT2D eigenvalue weighted by atomic mass is 10.1. The maximum absolute atomic E-state index is 11.1. The Morgan fingerprint density at radius 2 is 1.70 bits per heavy atom. The van der Waals surface area contributed by atoms with Gasteiger partial charge in [0.25, 0.3) is 0 Å². The third-order valence-electron chi connectivity index (χ3n) is 2.50. The molecular formula is C17H11NO2. The van der Waals surface area contributed by atoms with Gasteiger partial charge < -0.3 is 4.74 Å². The first-order chi connectivity index (χ1) is 9.70. The topological polar surface area (TPSA) is 50.1 Å². The van der Waals surface area contributed by atoms with Crippen LogP contribution in [-0.4, -0.2) is 5.97 Å². The second kappa shape index (κ2) is 6.22. The van der Waals surface area contributed by atoms with E-state index in [9.17, 15) is 4.79 Å². The summed E-state index contributed by atoms with van der Waals surface area (Å²) in [5.41, 5.74) is 1.66. The number of nitrogens with zero attached hydrogens (tertiary/aromatic N) is 1. The molecule has 3 nitrogen and oxygen atoms in total. The SMILES string of the molecule is CC(=O)Oc1c(C#N)cccc1C#Cc1ccccc1. The summed E-state index contributed by atoms with van der Waals surface area (Å²) in [4.78, 5) is 11.1. The molecule has 0 spiro atoms. The van der Waals surface area contributed by atoms with Crippen molar-refractivity contribution in [1.82, 2.24) is 0 Å². The summed E-state index contributed by atoms with van der Waals surface area (Å²) in [6.07, 6.45) is 0. The van der Waals surface area contributed by atoms with Gasteiger partial charge in [0.1, 0.15) is 6.07 Å². The number of para-hydroxylation sites is 1. The zero-order chi connectivity index (χ0) is 14.4. The van der Waals surface area contributed by atoms with Gasteiger partial charge in [-0.25, -0.2) is 0 Å². The average molecular weight is 261 g/mol. The second-order valence-electron chi connectivity index (χ2n) is 4.00. The Morgan fingerprint density at radius 1 is 1.00 bits per heavy atom. The molecule has 20 heavy (non-hydrogen) atoms. The Hall–Kier alpha value is -3.04. The van der Waals surface area contributed by atoms with E-state index >= 15 is 0 Å². The van der Waals surface area contributed by atoms with E-state index in [1.165, 1.54) is 6.92 Å². The minimum absolute atomic E-state index is 0.214. The fourth-order valence-electron chi connectivity index (χ4n) is 1.64. The Balaban J connectivity index is 2.45. The van der Waals surface area contributed by atoms with Gasteiger partial charge in [0.15, 0.2) is 5.75 Å². The van der Waals surface area contributed by atoms with Crippen molar-refractivity contribution in [2.45, 2.75) is 6.92 Å².